The first-order chi connectivity index (χ1) is 12.4. The molecule has 2 amide bonds. The number of thioether (sulfide) groups is 1. The average molecular weight is 372 g/mol. The van der Waals surface area contributed by atoms with E-state index in [9.17, 15) is 9.59 Å². The third-order valence-electron chi connectivity index (χ3n) is 3.82. The van der Waals surface area contributed by atoms with Gasteiger partial charge in [0.2, 0.25) is 5.91 Å². The van der Waals surface area contributed by atoms with Gasteiger partial charge in [0, 0.05) is 11.9 Å². The van der Waals surface area contributed by atoms with Crippen LogP contribution in [0.4, 0.5) is 5.69 Å². The first-order valence-corrected chi connectivity index (χ1v) is 9.54. The van der Waals surface area contributed by atoms with Gasteiger partial charge in [0.15, 0.2) is 6.10 Å². The van der Waals surface area contributed by atoms with Gasteiger partial charge in [-0.1, -0.05) is 29.8 Å². The van der Waals surface area contributed by atoms with Crippen molar-refractivity contribution in [2.24, 2.45) is 0 Å². The Labute approximate surface area is 158 Å². The van der Waals surface area contributed by atoms with Gasteiger partial charge in [-0.2, -0.15) is 0 Å². The molecule has 0 saturated heterocycles. The highest BCUT2D eigenvalue weighted by Crippen LogP contribution is 2.24. The topological polar surface area (TPSA) is 58.6 Å². The van der Waals surface area contributed by atoms with Crippen LogP contribution in [0.1, 0.15) is 12.5 Å². The molecule has 0 radical (unpaired) electrons. The van der Waals surface area contributed by atoms with E-state index in [1.54, 1.807) is 25.7 Å². The Morgan fingerprint density at radius 2 is 1.81 bits per heavy atom. The predicted molar refractivity (Wildman–Crippen MR) is 106 cm³/mol. The molecule has 5 nitrogen and oxygen atoms in total. The molecule has 0 saturated carbocycles. The van der Waals surface area contributed by atoms with Gasteiger partial charge >= 0.3 is 0 Å². The van der Waals surface area contributed by atoms with Gasteiger partial charge in [-0.05, 0) is 44.4 Å². The minimum atomic E-state index is -0.672. The van der Waals surface area contributed by atoms with Crippen molar-refractivity contribution in [1.29, 1.82) is 0 Å². The van der Waals surface area contributed by atoms with E-state index < -0.39 is 6.10 Å². The van der Waals surface area contributed by atoms with E-state index in [2.05, 4.69) is 5.32 Å². The lowest BCUT2D eigenvalue weighted by molar-refractivity contribution is -0.139. The molecule has 0 aliphatic rings. The molecule has 0 bridgehead atoms. The minimum absolute atomic E-state index is 0.0385. The second-order valence-electron chi connectivity index (χ2n) is 6.02. The van der Waals surface area contributed by atoms with E-state index in [0.717, 1.165) is 16.1 Å². The fraction of sp³-hybridized carbons (Fsp3) is 0.300. The van der Waals surface area contributed by atoms with Gasteiger partial charge < -0.3 is 15.0 Å². The van der Waals surface area contributed by atoms with Crippen molar-refractivity contribution in [2.45, 2.75) is 24.8 Å². The van der Waals surface area contributed by atoms with Crippen molar-refractivity contribution in [2.75, 3.05) is 25.2 Å². The SMILES string of the molecule is CSc1ccccc1NC(=O)CN(C)C(=O)C(C)Oc1ccc(C)cc1. The Kier molecular flexibility index (Phi) is 7.09. The summed E-state index contributed by atoms with van der Waals surface area (Å²) in [4.78, 5) is 27.0. The van der Waals surface area contributed by atoms with Crippen LogP contribution in [0.3, 0.4) is 0 Å². The van der Waals surface area contributed by atoms with Crippen LogP contribution in [0.2, 0.25) is 0 Å². The summed E-state index contributed by atoms with van der Waals surface area (Å²) < 4.78 is 5.66. The number of hydrogen-bond acceptors (Lipinski definition) is 4. The molecule has 0 fully saturated rings. The Bertz CT molecular complexity index is 762. The lowest BCUT2D eigenvalue weighted by Crippen LogP contribution is -2.42. The summed E-state index contributed by atoms with van der Waals surface area (Å²) in [6.45, 7) is 3.63. The number of amides is 2. The van der Waals surface area contributed by atoms with Crippen molar-refractivity contribution >= 4 is 29.3 Å². The third-order valence-corrected chi connectivity index (χ3v) is 4.62. The van der Waals surface area contributed by atoms with Gasteiger partial charge in [-0.3, -0.25) is 9.59 Å². The molecule has 0 aliphatic heterocycles. The van der Waals surface area contributed by atoms with Gasteiger partial charge in [0.25, 0.3) is 5.91 Å². The zero-order valence-corrected chi connectivity index (χ0v) is 16.3. The number of nitrogens with zero attached hydrogens (tertiary/aromatic N) is 1. The molecule has 1 unspecified atom stereocenters. The van der Waals surface area contributed by atoms with E-state index >= 15 is 0 Å². The van der Waals surface area contributed by atoms with Gasteiger partial charge in [0.1, 0.15) is 5.75 Å². The van der Waals surface area contributed by atoms with Crippen LogP contribution in [-0.2, 0) is 9.59 Å². The smallest absolute Gasteiger partial charge is 0.263 e. The number of rotatable bonds is 7. The van der Waals surface area contributed by atoms with Crippen LogP contribution >= 0.6 is 11.8 Å². The molecule has 1 N–H and O–H groups in total. The highest BCUT2D eigenvalue weighted by molar-refractivity contribution is 7.98. The summed E-state index contributed by atoms with van der Waals surface area (Å²) in [6, 6.07) is 15.1. The van der Waals surface area contributed by atoms with Gasteiger partial charge in [-0.15, -0.1) is 11.8 Å². The molecule has 2 rings (SSSR count). The number of likely N-dealkylation sites (N-methyl/N-ethyl adjacent to an activating group) is 1. The van der Waals surface area contributed by atoms with Crippen LogP contribution in [0.15, 0.2) is 53.4 Å². The van der Waals surface area contributed by atoms with E-state index in [-0.39, 0.29) is 18.4 Å². The van der Waals surface area contributed by atoms with Crippen molar-refractivity contribution < 1.29 is 14.3 Å². The number of aryl methyl sites for hydroxylation is 1. The third kappa shape index (κ3) is 5.52. The van der Waals surface area contributed by atoms with Crippen molar-refractivity contribution in [3.05, 3.63) is 54.1 Å². The zero-order valence-electron chi connectivity index (χ0n) is 15.5. The standard InChI is InChI=1S/C20H24N2O3S/c1-14-9-11-16(12-10-14)25-15(2)20(24)22(3)13-19(23)21-17-7-5-6-8-18(17)26-4/h5-12,15H,13H2,1-4H3,(H,21,23). The van der Waals surface area contributed by atoms with Crippen molar-refractivity contribution in [3.8, 4) is 5.75 Å². The summed E-state index contributed by atoms with van der Waals surface area (Å²) in [5, 5.41) is 2.85. The quantitative estimate of drug-likeness (QED) is 0.755. The molecule has 2 aromatic rings. The Hall–Kier alpha value is -2.47. The second kappa shape index (κ2) is 9.29. The maximum Gasteiger partial charge on any atom is 0.263 e. The van der Waals surface area contributed by atoms with Crippen molar-refractivity contribution in [3.63, 3.8) is 0 Å². The largest absolute Gasteiger partial charge is 0.481 e. The Morgan fingerprint density at radius 1 is 1.15 bits per heavy atom. The minimum Gasteiger partial charge on any atom is -0.481 e. The first kappa shape index (κ1) is 19.8. The lowest BCUT2D eigenvalue weighted by atomic mass is 10.2. The number of ether oxygens (including phenoxy) is 1. The normalized spacial score (nSPS) is 11.5. The van der Waals surface area contributed by atoms with Gasteiger partial charge in [0.05, 0.1) is 12.2 Å². The summed E-state index contributed by atoms with van der Waals surface area (Å²) in [5.41, 5.74) is 1.87. The maximum absolute atomic E-state index is 12.4. The molecular formula is C20H24N2O3S. The number of hydrogen-bond donors (Lipinski definition) is 1. The summed E-state index contributed by atoms with van der Waals surface area (Å²) in [6.07, 6.45) is 1.28. The van der Waals surface area contributed by atoms with Crippen LogP contribution < -0.4 is 10.1 Å². The molecule has 1 atom stereocenters. The number of nitrogens with one attached hydrogen (secondary N) is 1. The first-order valence-electron chi connectivity index (χ1n) is 8.32. The molecule has 0 spiro atoms. The monoisotopic (exact) mass is 372 g/mol. The number of para-hydroxylation sites is 1. The maximum atomic E-state index is 12.4. The lowest BCUT2D eigenvalue weighted by Gasteiger charge is -2.22. The molecule has 0 heterocycles. The molecule has 0 aliphatic carbocycles. The molecule has 2 aromatic carbocycles. The number of benzene rings is 2. The fourth-order valence-corrected chi connectivity index (χ4v) is 2.97. The van der Waals surface area contributed by atoms with Crippen LogP contribution in [0.5, 0.6) is 5.75 Å². The number of carbonyl (C=O) groups excluding carboxylic acids is 2. The van der Waals surface area contributed by atoms with E-state index in [0.29, 0.717) is 5.75 Å². The van der Waals surface area contributed by atoms with Crippen LogP contribution in [-0.4, -0.2) is 42.7 Å². The number of anilines is 1. The molecule has 0 aromatic heterocycles. The van der Waals surface area contributed by atoms with Crippen LogP contribution in [0, 0.1) is 6.92 Å². The zero-order chi connectivity index (χ0) is 19.1. The van der Waals surface area contributed by atoms with Gasteiger partial charge in [-0.25, -0.2) is 0 Å². The summed E-state index contributed by atoms with van der Waals surface area (Å²) in [5.74, 6) is 0.131. The highest BCUT2D eigenvalue weighted by Gasteiger charge is 2.21. The second-order valence-corrected chi connectivity index (χ2v) is 6.86. The highest BCUT2D eigenvalue weighted by atomic mass is 32.2. The Balaban J connectivity index is 1.90. The fourth-order valence-electron chi connectivity index (χ4n) is 2.41. The molecule has 6 heteroatoms. The molecule has 138 valence electrons. The number of carbonyl (C=O) groups is 2. The van der Waals surface area contributed by atoms with E-state index in [1.165, 1.54) is 4.90 Å². The Morgan fingerprint density at radius 3 is 2.46 bits per heavy atom. The van der Waals surface area contributed by atoms with Crippen molar-refractivity contribution in [1.82, 2.24) is 4.90 Å². The molecule has 26 heavy (non-hydrogen) atoms. The summed E-state index contributed by atoms with van der Waals surface area (Å²) in [7, 11) is 1.59. The predicted octanol–water partition coefficient (Wildman–Crippen LogP) is 3.58. The summed E-state index contributed by atoms with van der Waals surface area (Å²) >= 11 is 1.55. The molecular weight excluding hydrogens is 348 g/mol. The van der Waals surface area contributed by atoms with E-state index in [4.69, 9.17) is 4.74 Å². The van der Waals surface area contributed by atoms with E-state index in [1.807, 2.05) is 61.7 Å². The average Bonchev–Trinajstić information content (AvgIpc) is 2.63. The van der Waals surface area contributed by atoms with Crippen LogP contribution in [0.25, 0.3) is 0 Å².